The van der Waals surface area contributed by atoms with Crippen molar-refractivity contribution in [1.29, 1.82) is 0 Å². The van der Waals surface area contributed by atoms with Gasteiger partial charge in [-0.1, -0.05) is 48.5 Å². The van der Waals surface area contributed by atoms with Crippen molar-refractivity contribution < 1.29 is 19.1 Å². The van der Waals surface area contributed by atoms with E-state index in [1.54, 1.807) is 16.7 Å². The molecule has 9 nitrogen and oxygen atoms in total. The van der Waals surface area contributed by atoms with Crippen LogP contribution in [0.3, 0.4) is 0 Å². The molecule has 1 N–H and O–H groups in total. The van der Waals surface area contributed by atoms with E-state index < -0.39 is 6.04 Å². The van der Waals surface area contributed by atoms with E-state index in [9.17, 15) is 9.59 Å². The highest BCUT2D eigenvalue weighted by atomic mass is 16.5. The summed E-state index contributed by atoms with van der Waals surface area (Å²) in [6, 6.07) is 14.6. The summed E-state index contributed by atoms with van der Waals surface area (Å²) in [5, 5.41) is 11.3. The van der Waals surface area contributed by atoms with Crippen molar-refractivity contribution in [2.75, 3.05) is 33.4 Å². The van der Waals surface area contributed by atoms with Crippen LogP contribution in [0.2, 0.25) is 0 Å². The molecule has 0 bridgehead atoms. The highest BCUT2D eigenvalue weighted by Crippen LogP contribution is 2.26. The van der Waals surface area contributed by atoms with Gasteiger partial charge in [0.05, 0.1) is 18.2 Å². The molecule has 9 heteroatoms. The predicted molar refractivity (Wildman–Crippen MR) is 132 cm³/mol. The fraction of sp³-hybridized carbons (Fsp3) is 0.462. The molecule has 35 heavy (non-hydrogen) atoms. The Hall–Kier alpha value is -3.30. The van der Waals surface area contributed by atoms with Crippen LogP contribution in [0.15, 0.2) is 48.5 Å². The number of benzene rings is 2. The lowest BCUT2D eigenvalue weighted by Gasteiger charge is -2.33. The van der Waals surface area contributed by atoms with Crippen LogP contribution in [0.5, 0.6) is 0 Å². The highest BCUT2D eigenvalue weighted by molar-refractivity contribution is 5.89. The van der Waals surface area contributed by atoms with E-state index in [4.69, 9.17) is 9.47 Å². The summed E-state index contributed by atoms with van der Waals surface area (Å²) >= 11 is 0. The van der Waals surface area contributed by atoms with Gasteiger partial charge in [-0.15, -0.1) is 5.10 Å². The molecule has 1 aromatic heterocycles. The minimum atomic E-state index is -0.802. The van der Waals surface area contributed by atoms with Gasteiger partial charge in [-0.2, -0.15) is 0 Å². The number of aromatic nitrogens is 3. The second-order valence-corrected chi connectivity index (χ2v) is 8.70. The van der Waals surface area contributed by atoms with E-state index >= 15 is 0 Å². The van der Waals surface area contributed by atoms with Crippen molar-refractivity contribution in [3.63, 3.8) is 0 Å². The van der Waals surface area contributed by atoms with Crippen molar-refractivity contribution >= 4 is 22.8 Å². The van der Waals surface area contributed by atoms with Gasteiger partial charge in [0.25, 0.3) is 0 Å². The van der Waals surface area contributed by atoms with E-state index in [1.165, 1.54) is 5.56 Å². The van der Waals surface area contributed by atoms with E-state index in [0.717, 1.165) is 35.9 Å². The first-order valence-electron chi connectivity index (χ1n) is 12.2. The van der Waals surface area contributed by atoms with Crippen molar-refractivity contribution in [2.24, 2.45) is 0 Å². The summed E-state index contributed by atoms with van der Waals surface area (Å²) in [6.45, 7) is 3.79. The molecule has 2 atom stereocenters. The Morgan fingerprint density at radius 1 is 1.23 bits per heavy atom. The molecule has 186 valence electrons. The molecule has 1 saturated heterocycles. The van der Waals surface area contributed by atoms with Crippen LogP contribution >= 0.6 is 0 Å². The summed E-state index contributed by atoms with van der Waals surface area (Å²) in [7, 11) is 1.59. The number of para-hydroxylation sites is 1. The smallest absolute Gasteiger partial charge is 0.247 e. The zero-order chi connectivity index (χ0) is 24.6. The van der Waals surface area contributed by atoms with E-state index in [1.807, 2.05) is 48.5 Å². The monoisotopic (exact) mass is 479 g/mol. The van der Waals surface area contributed by atoms with E-state index in [-0.39, 0.29) is 24.5 Å². The third-order valence-electron chi connectivity index (χ3n) is 6.32. The van der Waals surface area contributed by atoms with Crippen molar-refractivity contribution in [2.45, 2.75) is 44.9 Å². The number of amides is 2. The van der Waals surface area contributed by atoms with Gasteiger partial charge in [-0.25, -0.2) is 4.68 Å². The molecule has 2 aromatic carbocycles. The van der Waals surface area contributed by atoms with Crippen LogP contribution in [0.25, 0.3) is 11.0 Å². The lowest BCUT2D eigenvalue weighted by atomic mass is 10.0. The largest absolute Gasteiger partial charge is 0.383 e. The minimum Gasteiger partial charge on any atom is -0.383 e. The fourth-order valence-corrected chi connectivity index (χ4v) is 4.39. The molecule has 3 aromatic rings. The highest BCUT2D eigenvalue weighted by Gasteiger charge is 2.34. The standard InChI is InChI=1S/C26H33N5O4/c1-3-19-10-12-20(13-11-19)25(26(33)27-14-16-34-2)30(17-21-7-6-15-35-21)24(32)18-31-23-9-5-4-8-22(23)28-29-31/h4-5,8-13,21,25H,3,6-7,14-18H2,1-2H3,(H,27,33)/t21-,25+/m0/s1. The number of aryl methyl sites for hydroxylation is 1. The Balaban J connectivity index is 1.66. The average Bonchev–Trinajstić information content (AvgIpc) is 3.54. The molecule has 0 unspecified atom stereocenters. The number of fused-ring (bicyclic) bond motifs is 1. The SMILES string of the molecule is CCc1ccc([C@H](C(=O)NCCOC)N(C[C@@H]2CCCO2)C(=O)Cn2nnc3ccccc32)cc1. The zero-order valence-electron chi connectivity index (χ0n) is 20.4. The number of nitrogens with zero attached hydrogens (tertiary/aromatic N) is 4. The van der Waals surface area contributed by atoms with Crippen LogP contribution in [-0.4, -0.2) is 71.2 Å². The Labute approximate surface area is 205 Å². The average molecular weight is 480 g/mol. The summed E-state index contributed by atoms with van der Waals surface area (Å²) < 4.78 is 12.5. The molecular formula is C26H33N5O4. The topological polar surface area (TPSA) is 98.6 Å². The number of carbonyl (C=O) groups is 2. The molecule has 2 amide bonds. The fourth-order valence-electron chi connectivity index (χ4n) is 4.39. The molecule has 0 radical (unpaired) electrons. The van der Waals surface area contributed by atoms with E-state index in [2.05, 4.69) is 22.6 Å². The van der Waals surface area contributed by atoms with Gasteiger partial charge in [-0.05, 0) is 42.5 Å². The lowest BCUT2D eigenvalue weighted by Crippen LogP contribution is -2.48. The first-order chi connectivity index (χ1) is 17.1. The summed E-state index contributed by atoms with van der Waals surface area (Å²) in [4.78, 5) is 28.9. The molecule has 1 aliphatic rings. The Kier molecular flexibility index (Phi) is 8.44. The summed E-state index contributed by atoms with van der Waals surface area (Å²) in [5.74, 6) is -0.469. The molecule has 4 rings (SSSR count). The minimum absolute atomic E-state index is 0.0257. The van der Waals surface area contributed by atoms with Gasteiger partial charge in [0.15, 0.2) is 0 Å². The molecule has 2 heterocycles. The Morgan fingerprint density at radius 2 is 2.03 bits per heavy atom. The van der Waals surface area contributed by atoms with Crippen LogP contribution in [0.4, 0.5) is 0 Å². The molecular weight excluding hydrogens is 446 g/mol. The maximum atomic E-state index is 13.8. The maximum Gasteiger partial charge on any atom is 0.247 e. The number of rotatable bonds is 11. The number of hydrogen-bond donors (Lipinski definition) is 1. The molecule has 1 fully saturated rings. The predicted octanol–water partition coefficient (Wildman–Crippen LogP) is 2.51. The molecule has 1 aliphatic heterocycles. The Bertz CT molecular complexity index is 1120. The van der Waals surface area contributed by atoms with Crippen molar-refractivity contribution in [3.8, 4) is 0 Å². The first-order valence-corrected chi connectivity index (χ1v) is 12.2. The number of hydrogen-bond acceptors (Lipinski definition) is 6. The normalized spacial score (nSPS) is 16.3. The van der Waals surface area contributed by atoms with Crippen molar-refractivity contribution in [3.05, 3.63) is 59.7 Å². The van der Waals surface area contributed by atoms with Crippen LogP contribution < -0.4 is 5.32 Å². The molecule has 0 saturated carbocycles. The van der Waals surface area contributed by atoms with Gasteiger partial charge in [-0.3, -0.25) is 9.59 Å². The second-order valence-electron chi connectivity index (χ2n) is 8.70. The molecule has 0 aliphatic carbocycles. The molecule has 0 spiro atoms. The number of ether oxygens (including phenoxy) is 2. The number of methoxy groups -OCH3 is 1. The first kappa shape index (κ1) is 24.8. The van der Waals surface area contributed by atoms with Gasteiger partial charge in [0, 0.05) is 26.8 Å². The second kappa shape index (κ2) is 11.9. The van der Waals surface area contributed by atoms with Crippen LogP contribution in [-0.2, 0) is 32.0 Å². The lowest BCUT2D eigenvalue weighted by molar-refractivity contribution is -0.143. The quantitative estimate of drug-likeness (QED) is 0.425. The zero-order valence-corrected chi connectivity index (χ0v) is 20.4. The van der Waals surface area contributed by atoms with Gasteiger partial charge in [0.2, 0.25) is 11.8 Å². The van der Waals surface area contributed by atoms with E-state index in [0.29, 0.717) is 26.3 Å². The number of nitrogens with one attached hydrogen (secondary N) is 1. The maximum absolute atomic E-state index is 13.8. The van der Waals surface area contributed by atoms with Gasteiger partial charge >= 0.3 is 0 Å². The van der Waals surface area contributed by atoms with Gasteiger partial charge in [0.1, 0.15) is 18.1 Å². The van der Waals surface area contributed by atoms with Crippen LogP contribution in [0.1, 0.15) is 36.9 Å². The van der Waals surface area contributed by atoms with Crippen LogP contribution in [0, 0.1) is 0 Å². The summed E-state index contributed by atoms with van der Waals surface area (Å²) in [6.07, 6.45) is 2.57. The Morgan fingerprint density at radius 3 is 2.74 bits per heavy atom. The summed E-state index contributed by atoms with van der Waals surface area (Å²) in [5.41, 5.74) is 3.41. The third-order valence-corrected chi connectivity index (χ3v) is 6.32. The van der Waals surface area contributed by atoms with Crippen molar-refractivity contribution in [1.82, 2.24) is 25.2 Å². The number of carbonyl (C=O) groups excluding carboxylic acids is 2. The third kappa shape index (κ3) is 6.04. The van der Waals surface area contributed by atoms with Gasteiger partial charge < -0.3 is 19.7 Å².